The van der Waals surface area contributed by atoms with Crippen molar-refractivity contribution in [3.8, 4) is 0 Å². The monoisotopic (exact) mass is 184 g/mol. The summed E-state index contributed by atoms with van der Waals surface area (Å²) in [4.78, 5) is 11.0. The van der Waals surface area contributed by atoms with Crippen molar-refractivity contribution >= 4 is 6.29 Å². The Morgan fingerprint density at radius 2 is 2.00 bits per heavy atom. The Morgan fingerprint density at radius 3 is 2.46 bits per heavy atom. The molecule has 0 amide bonds. The maximum Gasteiger partial charge on any atom is 0.126 e. The summed E-state index contributed by atoms with van der Waals surface area (Å²) in [5, 5.41) is 9.55. The standard InChI is InChI=1S/C11H20O2/c1-2-10(13)8-11(9-12)6-4-3-5-7-11/h9-10,13H,2-8H2,1H3. The van der Waals surface area contributed by atoms with Gasteiger partial charge in [0.15, 0.2) is 0 Å². The number of rotatable bonds is 4. The van der Waals surface area contributed by atoms with E-state index in [9.17, 15) is 9.90 Å². The lowest BCUT2D eigenvalue weighted by atomic mass is 9.71. The molecule has 0 aromatic rings. The average molecular weight is 184 g/mol. The first-order valence-corrected chi connectivity index (χ1v) is 5.37. The minimum Gasteiger partial charge on any atom is -0.393 e. The lowest BCUT2D eigenvalue weighted by molar-refractivity contribution is -0.119. The molecule has 2 nitrogen and oxygen atoms in total. The van der Waals surface area contributed by atoms with Gasteiger partial charge in [-0.15, -0.1) is 0 Å². The van der Waals surface area contributed by atoms with E-state index in [1.54, 1.807) is 0 Å². The zero-order chi connectivity index (χ0) is 9.73. The van der Waals surface area contributed by atoms with Crippen molar-refractivity contribution in [3.63, 3.8) is 0 Å². The number of aliphatic hydroxyl groups excluding tert-OH is 1. The molecule has 0 aromatic carbocycles. The highest BCUT2D eigenvalue weighted by atomic mass is 16.3. The number of carbonyl (C=O) groups is 1. The van der Waals surface area contributed by atoms with Gasteiger partial charge < -0.3 is 9.90 Å². The summed E-state index contributed by atoms with van der Waals surface area (Å²) >= 11 is 0. The second kappa shape index (κ2) is 4.75. The molecule has 76 valence electrons. The summed E-state index contributed by atoms with van der Waals surface area (Å²) in [5.41, 5.74) is -0.187. The van der Waals surface area contributed by atoms with Gasteiger partial charge in [0.1, 0.15) is 6.29 Å². The molecule has 1 unspecified atom stereocenters. The Hall–Kier alpha value is -0.370. The molecule has 1 aliphatic rings. The highest BCUT2D eigenvalue weighted by molar-refractivity contribution is 5.59. The third kappa shape index (κ3) is 2.80. The second-order valence-corrected chi connectivity index (χ2v) is 4.31. The molecule has 1 aliphatic carbocycles. The van der Waals surface area contributed by atoms with Crippen LogP contribution in [0.4, 0.5) is 0 Å². The van der Waals surface area contributed by atoms with Gasteiger partial charge in [-0.3, -0.25) is 0 Å². The minimum atomic E-state index is -0.289. The molecule has 13 heavy (non-hydrogen) atoms. The van der Waals surface area contributed by atoms with E-state index >= 15 is 0 Å². The molecule has 0 radical (unpaired) electrons. The lowest BCUT2D eigenvalue weighted by Crippen LogP contribution is -2.30. The number of aldehydes is 1. The highest BCUT2D eigenvalue weighted by Crippen LogP contribution is 2.38. The average Bonchev–Trinajstić information content (AvgIpc) is 2.19. The van der Waals surface area contributed by atoms with E-state index in [4.69, 9.17) is 0 Å². The second-order valence-electron chi connectivity index (χ2n) is 4.31. The van der Waals surface area contributed by atoms with Gasteiger partial charge in [0, 0.05) is 5.41 Å². The topological polar surface area (TPSA) is 37.3 Å². The van der Waals surface area contributed by atoms with E-state index in [0.717, 1.165) is 38.4 Å². The van der Waals surface area contributed by atoms with Crippen LogP contribution in [0.2, 0.25) is 0 Å². The van der Waals surface area contributed by atoms with Crippen molar-refractivity contribution < 1.29 is 9.90 Å². The summed E-state index contributed by atoms with van der Waals surface area (Å²) < 4.78 is 0. The molecule has 0 spiro atoms. The van der Waals surface area contributed by atoms with E-state index in [1.165, 1.54) is 6.42 Å². The first kappa shape index (κ1) is 10.7. The lowest BCUT2D eigenvalue weighted by Gasteiger charge is -2.33. The van der Waals surface area contributed by atoms with Gasteiger partial charge in [-0.1, -0.05) is 26.2 Å². The Morgan fingerprint density at radius 1 is 1.38 bits per heavy atom. The molecular weight excluding hydrogens is 164 g/mol. The third-order valence-corrected chi connectivity index (χ3v) is 3.21. The van der Waals surface area contributed by atoms with Gasteiger partial charge in [0.05, 0.1) is 6.10 Å². The van der Waals surface area contributed by atoms with Gasteiger partial charge >= 0.3 is 0 Å². The molecule has 0 aromatic heterocycles. The SMILES string of the molecule is CCC(O)CC1(C=O)CCCCC1. The van der Waals surface area contributed by atoms with E-state index in [1.807, 2.05) is 6.92 Å². The van der Waals surface area contributed by atoms with Gasteiger partial charge in [-0.25, -0.2) is 0 Å². The smallest absolute Gasteiger partial charge is 0.126 e. The normalized spacial score (nSPS) is 23.8. The van der Waals surface area contributed by atoms with Crippen LogP contribution < -0.4 is 0 Å². The zero-order valence-corrected chi connectivity index (χ0v) is 8.46. The van der Waals surface area contributed by atoms with Crippen molar-refractivity contribution in [2.24, 2.45) is 5.41 Å². The molecule has 0 bridgehead atoms. The van der Waals surface area contributed by atoms with Crippen LogP contribution >= 0.6 is 0 Å². The van der Waals surface area contributed by atoms with Crippen molar-refractivity contribution in [1.82, 2.24) is 0 Å². The first-order valence-electron chi connectivity index (χ1n) is 5.37. The highest BCUT2D eigenvalue weighted by Gasteiger charge is 2.33. The molecule has 1 rings (SSSR count). The molecule has 1 atom stereocenters. The quantitative estimate of drug-likeness (QED) is 0.681. The van der Waals surface area contributed by atoms with Gasteiger partial charge in [-0.2, -0.15) is 0 Å². The third-order valence-electron chi connectivity index (χ3n) is 3.21. The molecule has 1 saturated carbocycles. The minimum absolute atomic E-state index is 0.187. The fourth-order valence-corrected chi connectivity index (χ4v) is 2.24. The number of carbonyl (C=O) groups excluding carboxylic acids is 1. The van der Waals surface area contributed by atoms with Gasteiger partial charge in [-0.05, 0) is 25.7 Å². The maximum absolute atomic E-state index is 11.0. The summed E-state index contributed by atoms with van der Waals surface area (Å²) in [6.45, 7) is 1.96. The molecule has 1 fully saturated rings. The predicted octanol–water partition coefficient (Wildman–Crippen LogP) is 2.30. The van der Waals surface area contributed by atoms with Crippen molar-refractivity contribution in [1.29, 1.82) is 0 Å². The number of hydrogen-bond acceptors (Lipinski definition) is 2. The summed E-state index contributed by atoms with van der Waals surface area (Å²) in [6, 6.07) is 0. The van der Waals surface area contributed by atoms with E-state index in [2.05, 4.69) is 0 Å². The molecule has 2 heteroatoms. The number of aliphatic hydroxyl groups is 1. The van der Waals surface area contributed by atoms with Crippen LogP contribution in [0.1, 0.15) is 51.9 Å². The van der Waals surface area contributed by atoms with E-state index in [-0.39, 0.29) is 11.5 Å². The van der Waals surface area contributed by atoms with Crippen LogP contribution in [0, 0.1) is 5.41 Å². The number of hydrogen-bond donors (Lipinski definition) is 1. The van der Waals surface area contributed by atoms with E-state index < -0.39 is 0 Å². The van der Waals surface area contributed by atoms with Crippen LogP contribution in [-0.2, 0) is 4.79 Å². The molecule has 0 heterocycles. The van der Waals surface area contributed by atoms with E-state index in [0.29, 0.717) is 6.42 Å². The molecule has 0 aliphatic heterocycles. The molecule has 0 saturated heterocycles. The Labute approximate surface area is 80.3 Å². The molecule has 1 N–H and O–H groups in total. The van der Waals surface area contributed by atoms with Crippen molar-refractivity contribution in [2.45, 2.75) is 58.0 Å². The fraction of sp³-hybridized carbons (Fsp3) is 0.909. The zero-order valence-electron chi connectivity index (χ0n) is 8.46. The largest absolute Gasteiger partial charge is 0.393 e. The Balaban J connectivity index is 2.52. The Bertz CT molecular complexity index is 159. The van der Waals surface area contributed by atoms with Crippen LogP contribution in [0.3, 0.4) is 0 Å². The van der Waals surface area contributed by atoms with Crippen LogP contribution in [0.5, 0.6) is 0 Å². The summed E-state index contributed by atoms with van der Waals surface area (Å²) in [6.07, 6.45) is 7.74. The summed E-state index contributed by atoms with van der Waals surface area (Å²) in [7, 11) is 0. The van der Waals surface area contributed by atoms with Gasteiger partial charge in [0.25, 0.3) is 0 Å². The molecular formula is C11H20O2. The van der Waals surface area contributed by atoms with Crippen LogP contribution in [-0.4, -0.2) is 17.5 Å². The van der Waals surface area contributed by atoms with Crippen molar-refractivity contribution in [3.05, 3.63) is 0 Å². The maximum atomic E-state index is 11.0. The Kier molecular flexibility index (Phi) is 3.91. The first-order chi connectivity index (χ1) is 6.22. The van der Waals surface area contributed by atoms with Crippen LogP contribution in [0.25, 0.3) is 0 Å². The summed E-state index contributed by atoms with van der Waals surface area (Å²) in [5.74, 6) is 0. The van der Waals surface area contributed by atoms with Crippen molar-refractivity contribution in [2.75, 3.05) is 0 Å². The predicted molar refractivity (Wildman–Crippen MR) is 52.5 cm³/mol. The van der Waals surface area contributed by atoms with Crippen LogP contribution in [0.15, 0.2) is 0 Å². The fourth-order valence-electron chi connectivity index (χ4n) is 2.24. The van der Waals surface area contributed by atoms with Gasteiger partial charge in [0.2, 0.25) is 0 Å².